The number of nitrogens with zero attached hydrogens (tertiary/aromatic N) is 3. The summed E-state index contributed by atoms with van der Waals surface area (Å²) in [6.45, 7) is 0. The van der Waals surface area contributed by atoms with E-state index in [1.807, 2.05) is 0 Å². The molecule has 2 heterocycles. The summed E-state index contributed by atoms with van der Waals surface area (Å²) in [6, 6.07) is 5.33. The van der Waals surface area contributed by atoms with E-state index in [-0.39, 0.29) is 17.2 Å². The van der Waals surface area contributed by atoms with E-state index >= 15 is 0 Å². The number of rotatable bonds is 10. The molecule has 9 nitrogen and oxygen atoms in total. The molecule has 13 heteroatoms. The molecule has 0 atom stereocenters. The molecule has 3 aromatic rings. The van der Waals surface area contributed by atoms with Crippen molar-refractivity contribution in [3.8, 4) is 17.0 Å². The van der Waals surface area contributed by atoms with E-state index in [1.165, 1.54) is 24.5 Å². The van der Waals surface area contributed by atoms with Gasteiger partial charge in [-0.15, -0.1) is 0 Å². The van der Waals surface area contributed by atoms with E-state index < -0.39 is 35.8 Å². The fourth-order valence-corrected chi connectivity index (χ4v) is 3.38. The van der Waals surface area contributed by atoms with Crippen LogP contribution in [0.4, 0.5) is 29.2 Å². The maximum atomic E-state index is 14.8. The Morgan fingerprint density at radius 3 is 2.45 bits per heavy atom. The molecule has 0 unspecified atom stereocenters. The highest BCUT2D eigenvalue weighted by atomic mass is 19.4. The first-order valence-corrected chi connectivity index (χ1v) is 11.4. The number of ether oxygens (including phenoxy) is 1. The van der Waals surface area contributed by atoms with Gasteiger partial charge in [0.15, 0.2) is 0 Å². The molecule has 1 aliphatic rings. The average molecular weight is 529 g/mol. The average Bonchev–Trinajstić information content (AvgIpc) is 3.72. The molecule has 0 spiro atoms. The molecule has 38 heavy (non-hydrogen) atoms. The predicted molar refractivity (Wildman–Crippen MR) is 132 cm³/mol. The summed E-state index contributed by atoms with van der Waals surface area (Å²) in [6.07, 6.45) is 3.87. The van der Waals surface area contributed by atoms with Gasteiger partial charge in [-0.05, 0) is 36.1 Å². The largest absolute Gasteiger partial charge is 0.481 e. The number of allylic oxidation sites excluding steroid dienone is 1. The normalized spacial score (nSPS) is 13.6. The first-order valence-electron chi connectivity index (χ1n) is 11.4. The van der Waals surface area contributed by atoms with Gasteiger partial charge in [0.1, 0.15) is 11.4 Å². The van der Waals surface area contributed by atoms with Crippen molar-refractivity contribution in [1.82, 2.24) is 20.3 Å². The van der Waals surface area contributed by atoms with E-state index in [2.05, 4.69) is 35.6 Å². The van der Waals surface area contributed by atoms with Crippen LogP contribution < -0.4 is 20.7 Å². The highest BCUT2D eigenvalue weighted by Gasteiger charge is 2.35. The minimum Gasteiger partial charge on any atom is -0.481 e. The van der Waals surface area contributed by atoms with Crippen molar-refractivity contribution in [3.05, 3.63) is 71.7 Å². The maximum absolute atomic E-state index is 14.8. The van der Waals surface area contributed by atoms with Gasteiger partial charge in [0.25, 0.3) is 0 Å². The van der Waals surface area contributed by atoms with Crippen LogP contribution in [0.3, 0.4) is 0 Å². The Morgan fingerprint density at radius 1 is 1.11 bits per heavy atom. The summed E-state index contributed by atoms with van der Waals surface area (Å²) in [5, 5.41) is 15.9. The monoisotopic (exact) mass is 529 g/mol. The second-order valence-electron chi connectivity index (χ2n) is 8.42. The van der Waals surface area contributed by atoms with Gasteiger partial charge < -0.3 is 26.1 Å². The molecule has 198 valence electrons. The number of hydrogen-bond donors (Lipinski definition) is 4. The molecule has 1 amide bonds. The Morgan fingerprint density at radius 2 is 1.84 bits per heavy atom. The van der Waals surface area contributed by atoms with Gasteiger partial charge in [0, 0.05) is 36.4 Å². The highest BCUT2D eigenvalue weighted by Crippen LogP contribution is 2.36. The molecule has 0 aliphatic heterocycles. The van der Waals surface area contributed by atoms with Crippen LogP contribution in [0.1, 0.15) is 24.0 Å². The molecule has 2 aromatic heterocycles. The summed E-state index contributed by atoms with van der Waals surface area (Å²) >= 11 is 0. The van der Waals surface area contributed by atoms with Crippen LogP contribution >= 0.6 is 0 Å². The van der Waals surface area contributed by atoms with Crippen molar-refractivity contribution in [2.75, 3.05) is 17.7 Å². The Labute approximate surface area is 214 Å². The minimum absolute atomic E-state index is 0.0481. The number of hydrogen-bond acceptors (Lipinski definition) is 8. The molecule has 4 N–H and O–H groups in total. The van der Waals surface area contributed by atoms with Crippen molar-refractivity contribution in [3.63, 3.8) is 0 Å². The molecule has 1 aliphatic carbocycles. The van der Waals surface area contributed by atoms with Crippen LogP contribution in [0, 0.1) is 11.2 Å². The number of alkyl halides is 3. The fourth-order valence-electron chi connectivity index (χ4n) is 3.38. The van der Waals surface area contributed by atoms with E-state index in [9.17, 15) is 22.4 Å². The topological polar surface area (TPSA) is 125 Å². The lowest BCUT2D eigenvalue weighted by Gasteiger charge is -2.13. The summed E-state index contributed by atoms with van der Waals surface area (Å²) in [7, 11) is 1.06. The Hall–Kier alpha value is -4.55. The fraction of sp³-hybridized carbons (Fsp3) is 0.240. The van der Waals surface area contributed by atoms with Gasteiger partial charge in [-0.25, -0.2) is 19.3 Å². The van der Waals surface area contributed by atoms with Gasteiger partial charge in [0.05, 0.1) is 31.1 Å². The van der Waals surface area contributed by atoms with Gasteiger partial charge in [-0.2, -0.15) is 13.2 Å². The van der Waals surface area contributed by atoms with Crippen LogP contribution in [-0.4, -0.2) is 40.2 Å². The number of halogens is 4. The molecule has 1 fully saturated rings. The summed E-state index contributed by atoms with van der Waals surface area (Å²) in [4.78, 5) is 24.3. The Kier molecular flexibility index (Phi) is 7.84. The second-order valence-corrected chi connectivity index (χ2v) is 8.42. The summed E-state index contributed by atoms with van der Waals surface area (Å²) in [5.41, 5.74) is 0.175. The molecule has 1 aromatic carbocycles. The Balaban J connectivity index is 1.40. The quantitative estimate of drug-likeness (QED) is 0.225. The standard InChI is InChI=1S/C25H23F4N7O2/c1-38-23-20(25(27,28)29)8-18(12-32-23)35-22(37)7-15-3-2-14(6-21(15)26)16-10-33-24(34-11-16)36-19(9-30)13-31-17-4-5-17/h2-3,6,8-13,17,30-31H,4-5,7H2,1H3,(H,35,37)(H,33,34,36)/b19-13+,30-9?. The lowest BCUT2D eigenvalue weighted by molar-refractivity contribution is -0.139. The first-order chi connectivity index (χ1) is 18.2. The minimum atomic E-state index is -4.73. The molecule has 1 saturated carbocycles. The van der Waals surface area contributed by atoms with Crippen LogP contribution in [0.5, 0.6) is 5.88 Å². The van der Waals surface area contributed by atoms with E-state index in [0.717, 1.165) is 32.4 Å². The van der Waals surface area contributed by atoms with Gasteiger partial charge in [0.2, 0.25) is 17.7 Å². The lowest BCUT2D eigenvalue weighted by Crippen LogP contribution is -2.17. The number of amides is 1. The third kappa shape index (κ3) is 6.81. The van der Waals surface area contributed by atoms with Crippen molar-refractivity contribution >= 4 is 23.8 Å². The van der Waals surface area contributed by atoms with E-state index in [1.54, 1.807) is 12.3 Å². The first kappa shape index (κ1) is 26.5. The van der Waals surface area contributed by atoms with Gasteiger partial charge in [-0.3, -0.25) is 4.79 Å². The number of anilines is 2. The van der Waals surface area contributed by atoms with Crippen molar-refractivity contribution in [2.45, 2.75) is 31.5 Å². The molecule has 4 rings (SSSR count). The van der Waals surface area contributed by atoms with Crippen molar-refractivity contribution in [2.24, 2.45) is 0 Å². The van der Waals surface area contributed by atoms with E-state index in [4.69, 9.17) is 5.41 Å². The Bertz CT molecular complexity index is 1360. The molecule has 0 saturated heterocycles. The number of benzene rings is 1. The molecular formula is C25H23F4N7O2. The number of pyridine rings is 1. The van der Waals surface area contributed by atoms with E-state index in [0.29, 0.717) is 28.9 Å². The third-order valence-corrected chi connectivity index (χ3v) is 5.49. The third-order valence-electron chi connectivity index (χ3n) is 5.49. The molecule has 0 bridgehead atoms. The second kappa shape index (κ2) is 11.2. The predicted octanol–water partition coefficient (Wildman–Crippen LogP) is 4.54. The number of methoxy groups -OCH3 is 1. The zero-order chi connectivity index (χ0) is 27.3. The smallest absolute Gasteiger partial charge is 0.421 e. The van der Waals surface area contributed by atoms with Crippen LogP contribution in [0.2, 0.25) is 0 Å². The number of carbonyl (C=O) groups is 1. The zero-order valence-corrected chi connectivity index (χ0v) is 20.1. The highest BCUT2D eigenvalue weighted by molar-refractivity contribution is 5.92. The maximum Gasteiger partial charge on any atom is 0.421 e. The zero-order valence-electron chi connectivity index (χ0n) is 20.1. The van der Waals surface area contributed by atoms with Crippen LogP contribution in [0.15, 0.2) is 54.8 Å². The number of aromatic nitrogens is 3. The molecular weight excluding hydrogens is 506 g/mol. The van der Waals surface area contributed by atoms with Crippen LogP contribution in [0.25, 0.3) is 11.1 Å². The van der Waals surface area contributed by atoms with Crippen molar-refractivity contribution in [1.29, 1.82) is 5.41 Å². The van der Waals surface area contributed by atoms with Crippen LogP contribution in [-0.2, 0) is 17.4 Å². The summed E-state index contributed by atoms with van der Waals surface area (Å²) < 4.78 is 58.9. The number of nitrogens with one attached hydrogen (secondary N) is 4. The van der Waals surface area contributed by atoms with Gasteiger partial charge >= 0.3 is 6.18 Å². The van der Waals surface area contributed by atoms with Gasteiger partial charge in [-0.1, -0.05) is 12.1 Å². The molecule has 0 radical (unpaired) electrons. The number of carbonyl (C=O) groups excluding carboxylic acids is 1. The SMILES string of the molecule is COc1ncc(NC(=O)Cc2ccc(-c3cnc(N/C(C=N)=C/NC4CC4)nc3)cc2F)cc1C(F)(F)F. The summed E-state index contributed by atoms with van der Waals surface area (Å²) in [5.74, 6) is -1.76. The van der Waals surface area contributed by atoms with Crippen molar-refractivity contribution < 1.29 is 27.1 Å². The lowest BCUT2D eigenvalue weighted by atomic mass is 10.0.